The molecule has 1 aromatic heterocycles. The third kappa shape index (κ3) is 2.45. The number of halogens is 1. The molecule has 2 aliphatic heterocycles. The number of hydrogen-bond acceptors (Lipinski definition) is 4. The van der Waals surface area contributed by atoms with Gasteiger partial charge in [0.05, 0.1) is 30.3 Å². The highest BCUT2D eigenvalue weighted by atomic mass is 79.9. The molecule has 0 spiro atoms. The van der Waals surface area contributed by atoms with Gasteiger partial charge in [-0.2, -0.15) is 0 Å². The predicted molar refractivity (Wildman–Crippen MR) is 86.2 cm³/mol. The Morgan fingerprint density at radius 2 is 2.33 bits per heavy atom. The van der Waals surface area contributed by atoms with E-state index in [2.05, 4.69) is 36.4 Å². The number of nitrogens with two attached hydrogens (primary N) is 1. The Morgan fingerprint density at radius 3 is 3.24 bits per heavy atom. The SMILES string of the molecule is Nc1nc2ccc(Br)cc2n1CC1CN2CCCC2CO1. The first-order chi connectivity index (χ1) is 10.2. The van der Waals surface area contributed by atoms with Crippen LogP contribution in [0.4, 0.5) is 5.95 Å². The number of morpholine rings is 1. The molecular formula is C15H19BrN4O. The van der Waals surface area contributed by atoms with Crippen LogP contribution in [-0.4, -0.2) is 46.3 Å². The van der Waals surface area contributed by atoms with Gasteiger partial charge in [0.1, 0.15) is 0 Å². The Morgan fingerprint density at radius 1 is 1.43 bits per heavy atom. The topological polar surface area (TPSA) is 56.3 Å². The number of benzene rings is 1. The second-order valence-electron chi connectivity index (χ2n) is 5.96. The van der Waals surface area contributed by atoms with Crippen molar-refractivity contribution >= 4 is 32.9 Å². The molecule has 112 valence electrons. The van der Waals surface area contributed by atoms with E-state index in [1.54, 1.807) is 0 Å². The molecule has 0 amide bonds. The summed E-state index contributed by atoms with van der Waals surface area (Å²) in [5.41, 5.74) is 8.09. The van der Waals surface area contributed by atoms with Gasteiger partial charge in [-0.15, -0.1) is 0 Å². The number of ether oxygens (including phenoxy) is 1. The van der Waals surface area contributed by atoms with Gasteiger partial charge in [0, 0.05) is 17.1 Å². The van der Waals surface area contributed by atoms with Crippen molar-refractivity contribution in [1.29, 1.82) is 0 Å². The summed E-state index contributed by atoms with van der Waals surface area (Å²) in [7, 11) is 0. The Kier molecular flexibility index (Phi) is 3.40. The molecule has 2 fully saturated rings. The summed E-state index contributed by atoms with van der Waals surface area (Å²) in [6.07, 6.45) is 2.76. The number of anilines is 1. The molecule has 2 saturated heterocycles. The Bertz CT molecular complexity index is 671. The average Bonchev–Trinajstić information content (AvgIpc) is 3.04. The van der Waals surface area contributed by atoms with Crippen LogP contribution < -0.4 is 5.73 Å². The molecule has 2 unspecified atom stereocenters. The van der Waals surface area contributed by atoms with Crippen molar-refractivity contribution < 1.29 is 4.74 Å². The van der Waals surface area contributed by atoms with Crippen LogP contribution >= 0.6 is 15.9 Å². The third-order valence-electron chi connectivity index (χ3n) is 4.59. The van der Waals surface area contributed by atoms with Crippen LogP contribution in [0.1, 0.15) is 12.8 Å². The lowest BCUT2D eigenvalue weighted by atomic mass is 10.2. The summed E-state index contributed by atoms with van der Waals surface area (Å²) < 4.78 is 9.15. The van der Waals surface area contributed by atoms with Gasteiger partial charge in [-0.1, -0.05) is 15.9 Å². The molecule has 2 atom stereocenters. The lowest BCUT2D eigenvalue weighted by Crippen LogP contribution is -2.47. The average molecular weight is 351 g/mol. The summed E-state index contributed by atoms with van der Waals surface area (Å²) >= 11 is 3.52. The van der Waals surface area contributed by atoms with Gasteiger partial charge in [-0.05, 0) is 37.6 Å². The second-order valence-corrected chi connectivity index (χ2v) is 6.88. The van der Waals surface area contributed by atoms with Crippen molar-refractivity contribution in [3.63, 3.8) is 0 Å². The monoisotopic (exact) mass is 350 g/mol. The number of hydrogen-bond donors (Lipinski definition) is 1. The first-order valence-electron chi connectivity index (χ1n) is 7.47. The summed E-state index contributed by atoms with van der Waals surface area (Å²) in [5.74, 6) is 0.565. The van der Waals surface area contributed by atoms with E-state index in [0.29, 0.717) is 12.0 Å². The molecule has 2 N–H and O–H groups in total. The predicted octanol–water partition coefficient (Wildman–Crippen LogP) is 2.24. The van der Waals surface area contributed by atoms with Gasteiger partial charge < -0.3 is 15.0 Å². The zero-order valence-electron chi connectivity index (χ0n) is 11.8. The number of aromatic nitrogens is 2. The molecule has 0 bridgehead atoms. The van der Waals surface area contributed by atoms with Crippen LogP contribution in [0.25, 0.3) is 11.0 Å². The standard InChI is InChI=1S/C15H19BrN4O/c16-10-3-4-13-14(6-10)20(15(17)18-13)8-12-7-19-5-1-2-11(19)9-21-12/h3-4,6,11-12H,1-2,5,7-9H2,(H2,17,18). The maximum Gasteiger partial charge on any atom is 0.201 e. The highest BCUT2D eigenvalue weighted by Crippen LogP contribution is 2.26. The molecule has 4 rings (SSSR count). The number of rotatable bonds is 2. The molecular weight excluding hydrogens is 332 g/mol. The number of imidazole rings is 1. The van der Waals surface area contributed by atoms with Gasteiger partial charge in [-0.3, -0.25) is 4.90 Å². The van der Waals surface area contributed by atoms with Crippen molar-refractivity contribution in [1.82, 2.24) is 14.5 Å². The minimum Gasteiger partial charge on any atom is -0.373 e. The molecule has 3 heterocycles. The lowest BCUT2D eigenvalue weighted by molar-refractivity contribution is -0.0545. The van der Waals surface area contributed by atoms with Crippen molar-refractivity contribution in [3.05, 3.63) is 22.7 Å². The highest BCUT2D eigenvalue weighted by Gasteiger charge is 2.32. The molecule has 2 aliphatic rings. The van der Waals surface area contributed by atoms with E-state index in [4.69, 9.17) is 10.5 Å². The zero-order chi connectivity index (χ0) is 14.4. The summed E-state index contributed by atoms with van der Waals surface area (Å²) in [6, 6.07) is 6.68. The smallest absolute Gasteiger partial charge is 0.201 e. The summed E-state index contributed by atoms with van der Waals surface area (Å²) in [5, 5.41) is 0. The largest absolute Gasteiger partial charge is 0.373 e. The van der Waals surface area contributed by atoms with Crippen LogP contribution in [-0.2, 0) is 11.3 Å². The van der Waals surface area contributed by atoms with E-state index in [-0.39, 0.29) is 6.10 Å². The fraction of sp³-hybridized carbons (Fsp3) is 0.533. The first-order valence-corrected chi connectivity index (χ1v) is 8.27. The van der Waals surface area contributed by atoms with Crippen molar-refractivity contribution in [2.24, 2.45) is 0 Å². The van der Waals surface area contributed by atoms with Crippen LogP contribution in [0, 0.1) is 0 Å². The zero-order valence-corrected chi connectivity index (χ0v) is 13.4. The molecule has 6 heteroatoms. The molecule has 0 saturated carbocycles. The van der Waals surface area contributed by atoms with Crippen LogP contribution in [0.5, 0.6) is 0 Å². The fourth-order valence-electron chi connectivity index (χ4n) is 3.51. The van der Waals surface area contributed by atoms with E-state index in [1.165, 1.54) is 19.4 Å². The summed E-state index contributed by atoms with van der Waals surface area (Å²) in [6.45, 7) is 3.82. The van der Waals surface area contributed by atoms with Gasteiger partial charge in [0.2, 0.25) is 5.95 Å². The van der Waals surface area contributed by atoms with E-state index in [0.717, 1.165) is 35.2 Å². The maximum atomic E-state index is 6.09. The molecule has 0 radical (unpaired) electrons. The molecule has 0 aliphatic carbocycles. The quantitative estimate of drug-likeness (QED) is 0.902. The van der Waals surface area contributed by atoms with E-state index >= 15 is 0 Å². The molecule has 2 aromatic rings. The van der Waals surface area contributed by atoms with Crippen LogP contribution in [0.2, 0.25) is 0 Å². The van der Waals surface area contributed by atoms with Crippen molar-refractivity contribution in [3.8, 4) is 0 Å². The van der Waals surface area contributed by atoms with Crippen molar-refractivity contribution in [2.45, 2.75) is 31.5 Å². The molecule has 5 nitrogen and oxygen atoms in total. The Balaban J connectivity index is 1.59. The highest BCUT2D eigenvalue weighted by molar-refractivity contribution is 9.10. The van der Waals surface area contributed by atoms with E-state index < -0.39 is 0 Å². The summed E-state index contributed by atoms with van der Waals surface area (Å²) in [4.78, 5) is 6.99. The van der Waals surface area contributed by atoms with E-state index in [1.807, 2.05) is 12.1 Å². The minimum absolute atomic E-state index is 0.193. The minimum atomic E-state index is 0.193. The second kappa shape index (κ2) is 5.26. The fourth-order valence-corrected chi connectivity index (χ4v) is 3.86. The van der Waals surface area contributed by atoms with E-state index in [9.17, 15) is 0 Å². The van der Waals surface area contributed by atoms with Gasteiger partial charge in [0.15, 0.2) is 0 Å². The lowest BCUT2D eigenvalue weighted by Gasteiger charge is -2.35. The Labute approximate surface area is 132 Å². The van der Waals surface area contributed by atoms with Gasteiger partial charge in [0.25, 0.3) is 0 Å². The number of nitrogen functional groups attached to an aromatic ring is 1. The normalized spacial score (nSPS) is 26.3. The first kappa shape index (κ1) is 13.5. The molecule has 1 aromatic carbocycles. The van der Waals surface area contributed by atoms with Crippen molar-refractivity contribution in [2.75, 3.05) is 25.4 Å². The molecule has 21 heavy (non-hydrogen) atoms. The number of nitrogens with zero attached hydrogens (tertiary/aromatic N) is 3. The van der Waals surface area contributed by atoms with Crippen LogP contribution in [0.3, 0.4) is 0 Å². The third-order valence-corrected chi connectivity index (χ3v) is 5.08. The van der Waals surface area contributed by atoms with Gasteiger partial charge in [-0.25, -0.2) is 4.98 Å². The van der Waals surface area contributed by atoms with Gasteiger partial charge >= 0.3 is 0 Å². The van der Waals surface area contributed by atoms with Crippen LogP contribution in [0.15, 0.2) is 22.7 Å². The Hall–Kier alpha value is -1.11. The maximum absolute atomic E-state index is 6.09. The number of fused-ring (bicyclic) bond motifs is 2.